The van der Waals surface area contributed by atoms with Gasteiger partial charge in [0, 0.05) is 45.3 Å². The van der Waals surface area contributed by atoms with Crippen molar-refractivity contribution in [2.45, 2.75) is 43.8 Å². The van der Waals surface area contributed by atoms with Crippen molar-refractivity contribution in [2.75, 3.05) is 26.7 Å². The highest BCUT2D eigenvalue weighted by Crippen LogP contribution is 2.20. The fourth-order valence-electron chi connectivity index (χ4n) is 3.80. The van der Waals surface area contributed by atoms with E-state index in [0.717, 1.165) is 25.1 Å². The van der Waals surface area contributed by atoms with Crippen LogP contribution < -0.4 is 15.4 Å². The van der Waals surface area contributed by atoms with Crippen LogP contribution in [0.4, 0.5) is 0 Å². The molecule has 0 aromatic heterocycles. The molecule has 32 heavy (non-hydrogen) atoms. The maximum Gasteiger partial charge on any atom is 0.240 e. The molecule has 2 aromatic rings. The Morgan fingerprint density at radius 2 is 1.78 bits per heavy atom. The average Bonchev–Trinajstić information content (AvgIpc) is 3.10. The number of benzene rings is 2. The van der Waals surface area contributed by atoms with E-state index in [9.17, 15) is 8.42 Å². The van der Waals surface area contributed by atoms with Crippen molar-refractivity contribution in [1.29, 1.82) is 0 Å². The van der Waals surface area contributed by atoms with E-state index < -0.39 is 10.0 Å². The van der Waals surface area contributed by atoms with Gasteiger partial charge in [0.2, 0.25) is 10.0 Å². The van der Waals surface area contributed by atoms with E-state index >= 15 is 0 Å². The highest BCUT2D eigenvalue weighted by atomic mass is 127. The third-order valence-electron chi connectivity index (χ3n) is 5.54. The smallest absolute Gasteiger partial charge is 0.240 e. The predicted octanol–water partition coefficient (Wildman–Crippen LogP) is 2.72. The SMILES string of the molecule is CN=C(NCCNS(=O)(=O)c1ccc(C)cc1)NC1CC(C)N(Cc2ccccc2)C1.I. The van der Waals surface area contributed by atoms with Crippen LogP contribution >= 0.6 is 24.0 Å². The monoisotopic (exact) mass is 571 g/mol. The highest BCUT2D eigenvalue weighted by molar-refractivity contribution is 14.0. The number of nitrogens with one attached hydrogen (secondary N) is 3. The number of aliphatic imine (C=N–C) groups is 1. The number of halogens is 1. The molecule has 176 valence electrons. The van der Waals surface area contributed by atoms with Crippen molar-refractivity contribution < 1.29 is 8.42 Å². The fourth-order valence-corrected chi connectivity index (χ4v) is 4.83. The van der Waals surface area contributed by atoms with Gasteiger partial charge in [-0.1, -0.05) is 48.0 Å². The van der Waals surface area contributed by atoms with Crippen molar-refractivity contribution in [3.05, 3.63) is 65.7 Å². The van der Waals surface area contributed by atoms with E-state index in [1.807, 2.05) is 13.0 Å². The fraction of sp³-hybridized carbons (Fsp3) is 0.435. The molecule has 2 unspecified atom stereocenters. The summed E-state index contributed by atoms with van der Waals surface area (Å²) < 4.78 is 27.4. The lowest BCUT2D eigenvalue weighted by atomic mass is 10.2. The molecule has 1 heterocycles. The highest BCUT2D eigenvalue weighted by Gasteiger charge is 2.29. The number of nitrogens with zero attached hydrogens (tertiary/aromatic N) is 2. The Labute approximate surface area is 209 Å². The minimum Gasteiger partial charge on any atom is -0.355 e. The Hall–Kier alpha value is -1.69. The quantitative estimate of drug-likeness (QED) is 0.197. The Morgan fingerprint density at radius 3 is 2.44 bits per heavy atom. The van der Waals surface area contributed by atoms with Crippen LogP contribution in [-0.4, -0.2) is 58.0 Å². The summed E-state index contributed by atoms with van der Waals surface area (Å²) in [6.45, 7) is 6.78. The van der Waals surface area contributed by atoms with Gasteiger partial charge in [0.1, 0.15) is 0 Å². The summed E-state index contributed by atoms with van der Waals surface area (Å²) in [6.07, 6.45) is 1.04. The number of hydrogen-bond donors (Lipinski definition) is 3. The number of guanidine groups is 1. The molecule has 2 atom stereocenters. The zero-order valence-electron chi connectivity index (χ0n) is 18.9. The molecule has 2 aromatic carbocycles. The van der Waals surface area contributed by atoms with Crippen LogP contribution in [-0.2, 0) is 16.6 Å². The molecule has 1 aliphatic heterocycles. The van der Waals surface area contributed by atoms with Crippen LogP contribution in [0.25, 0.3) is 0 Å². The minimum atomic E-state index is -3.51. The van der Waals surface area contributed by atoms with E-state index in [1.54, 1.807) is 31.3 Å². The molecule has 7 nitrogen and oxygen atoms in total. The van der Waals surface area contributed by atoms with E-state index in [2.05, 4.69) is 56.4 Å². The van der Waals surface area contributed by atoms with Gasteiger partial charge in [-0.2, -0.15) is 0 Å². The molecule has 1 aliphatic rings. The number of rotatable bonds is 8. The second-order valence-corrected chi connectivity index (χ2v) is 9.82. The summed E-state index contributed by atoms with van der Waals surface area (Å²) in [5.41, 5.74) is 2.34. The van der Waals surface area contributed by atoms with Crippen molar-refractivity contribution in [3.63, 3.8) is 0 Å². The first-order valence-electron chi connectivity index (χ1n) is 10.7. The summed E-state index contributed by atoms with van der Waals surface area (Å²) in [4.78, 5) is 7.03. The van der Waals surface area contributed by atoms with Crippen LogP contribution in [0, 0.1) is 6.92 Å². The summed E-state index contributed by atoms with van der Waals surface area (Å²) >= 11 is 0. The van der Waals surface area contributed by atoms with Gasteiger partial charge < -0.3 is 10.6 Å². The molecule has 0 aliphatic carbocycles. The number of hydrogen-bond acceptors (Lipinski definition) is 4. The maximum atomic E-state index is 12.4. The minimum absolute atomic E-state index is 0. The van der Waals surface area contributed by atoms with Crippen LogP contribution in [0.2, 0.25) is 0 Å². The van der Waals surface area contributed by atoms with Crippen LogP contribution in [0.5, 0.6) is 0 Å². The lowest BCUT2D eigenvalue weighted by molar-refractivity contribution is 0.258. The van der Waals surface area contributed by atoms with Crippen LogP contribution in [0.3, 0.4) is 0 Å². The second-order valence-electron chi connectivity index (χ2n) is 8.05. The third kappa shape index (κ3) is 7.72. The van der Waals surface area contributed by atoms with Crippen molar-refractivity contribution >= 4 is 40.0 Å². The molecule has 0 radical (unpaired) electrons. The lowest BCUT2D eigenvalue weighted by Gasteiger charge is -2.21. The Balaban J connectivity index is 0.00000363. The topological polar surface area (TPSA) is 85.8 Å². The van der Waals surface area contributed by atoms with Gasteiger partial charge in [0.15, 0.2) is 5.96 Å². The molecule has 0 amide bonds. The normalized spacial score (nSPS) is 19.4. The van der Waals surface area contributed by atoms with Gasteiger partial charge in [-0.15, -0.1) is 24.0 Å². The first kappa shape index (κ1) is 26.6. The van der Waals surface area contributed by atoms with Gasteiger partial charge in [0.05, 0.1) is 4.90 Å². The van der Waals surface area contributed by atoms with E-state index in [-0.39, 0.29) is 35.4 Å². The van der Waals surface area contributed by atoms with E-state index in [4.69, 9.17) is 0 Å². The van der Waals surface area contributed by atoms with Crippen molar-refractivity contribution in [3.8, 4) is 0 Å². The molecule has 0 saturated carbocycles. The number of sulfonamides is 1. The summed E-state index contributed by atoms with van der Waals surface area (Å²) in [7, 11) is -1.78. The number of likely N-dealkylation sites (tertiary alicyclic amines) is 1. The molecular weight excluding hydrogens is 537 g/mol. The van der Waals surface area contributed by atoms with Crippen molar-refractivity contribution in [2.24, 2.45) is 4.99 Å². The van der Waals surface area contributed by atoms with Gasteiger partial charge >= 0.3 is 0 Å². The largest absolute Gasteiger partial charge is 0.355 e. The second kappa shape index (κ2) is 12.5. The number of aryl methyl sites for hydroxylation is 1. The van der Waals surface area contributed by atoms with Crippen LogP contribution in [0.1, 0.15) is 24.5 Å². The van der Waals surface area contributed by atoms with Gasteiger partial charge in [-0.05, 0) is 38.0 Å². The first-order chi connectivity index (χ1) is 14.9. The average molecular weight is 572 g/mol. The zero-order chi connectivity index (χ0) is 22.3. The summed E-state index contributed by atoms with van der Waals surface area (Å²) in [5, 5.41) is 6.67. The molecule has 0 spiro atoms. The Bertz CT molecular complexity index is 968. The van der Waals surface area contributed by atoms with Gasteiger partial charge in [-0.3, -0.25) is 9.89 Å². The Morgan fingerprint density at radius 1 is 1.09 bits per heavy atom. The third-order valence-corrected chi connectivity index (χ3v) is 7.01. The van der Waals surface area contributed by atoms with E-state index in [0.29, 0.717) is 24.6 Å². The summed E-state index contributed by atoms with van der Waals surface area (Å²) in [5.74, 6) is 0.688. The molecule has 3 N–H and O–H groups in total. The molecule has 1 fully saturated rings. The van der Waals surface area contributed by atoms with Crippen LogP contribution in [0.15, 0.2) is 64.5 Å². The predicted molar refractivity (Wildman–Crippen MR) is 141 cm³/mol. The molecule has 3 rings (SSSR count). The van der Waals surface area contributed by atoms with Gasteiger partial charge in [-0.25, -0.2) is 13.1 Å². The lowest BCUT2D eigenvalue weighted by Crippen LogP contribution is -2.46. The Kier molecular flexibility index (Phi) is 10.4. The molecule has 0 bridgehead atoms. The van der Waals surface area contributed by atoms with Gasteiger partial charge in [0.25, 0.3) is 0 Å². The molecular formula is C23H34IN5O2S. The zero-order valence-corrected chi connectivity index (χ0v) is 22.1. The molecule has 9 heteroatoms. The van der Waals surface area contributed by atoms with Crippen molar-refractivity contribution in [1.82, 2.24) is 20.3 Å². The molecule has 1 saturated heterocycles. The standard InChI is InChI=1S/C23H33N5O2S.HI/c1-18-9-11-22(12-10-18)31(29,30)26-14-13-25-23(24-3)27-21-15-19(2)28(17-21)16-20-7-5-4-6-8-20;/h4-12,19,21,26H,13-17H2,1-3H3,(H2,24,25,27);1H. The maximum absolute atomic E-state index is 12.4. The summed E-state index contributed by atoms with van der Waals surface area (Å²) in [6, 6.07) is 18.1. The first-order valence-corrected chi connectivity index (χ1v) is 12.2. The van der Waals surface area contributed by atoms with E-state index in [1.165, 1.54) is 5.56 Å².